The van der Waals surface area contributed by atoms with Gasteiger partial charge in [0.25, 0.3) is 5.91 Å². The zero-order chi connectivity index (χ0) is 31.9. The van der Waals surface area contributed by atoms with Crippen molar-refractivity contribution in [3.63, 3.8) is 0 Å². The van der Waals surface area contributed by atoms with Gasteiger partial charge in [0, 0.05) is 48.9 Å². The highest BCUT2D eigenvalue weighted by Gasteiger charge is 2.20. The van der Waals surface area contributed by atoms with Crippen molar-refractivity contribution in [1.29, 1.82) is 0 Å². The Balaban J connectivity index is 1.37. The van der Waals surface area contributed by atoms with Crippen molar-refractivity contribution in [3.05, 3.63) is 71.7 Å². The summed E-state index contributed by atoms with van der Waals surface area (Å²) in [5.41, 5.74) is 1.74. The molecule has 44 heavy (non-hydrogen) atoms. The Kier molecular flexibility index (Phi) is 10.3. The molecule has 0 aliphatic heterocycles. The lowest BCUT2D eigenvalue weighted by Crippen LogP contribution is -2.34. The standard InChI is InChI=1S/C31H36F2N6O5/c1-6-19-15-20(7-8-22(19)29(40)35-10-13-43-14-11-36-30(41)44-31(2,3)4)38-27-28-37-18-25(39(28)12-9-34-27)26-23(32)16-21(42-5)17-24(26)33/h7-9,12,15-18H,6,10-11,13-14H2,1-5H3,(H,34,38)(H,35,40)(H,36,41). The van der Waals surface area contributed by atoms with E-state index in [-0.39, 0.29) is 49.2 Å². The van der Waals surface area contributed by atoms with E-state index in [1.807, 2.05) is 13.0 Å². The molecule has 0 radical (unpaired) electrons. The van der Waals surface area contributed by atoms with Crippen molar-refractivity contribution in [2.75, 3.05) is 38.7 Å². The first kappa shape index (κ1) is 32.1. The average molecular weight is 611 g/mol. The van der Waals surface area contributed by atoms with Crippen molar-refractivity contribution >= 4 is 29.2 Å². The van der Waals surface area contributed by atoms with Crippen molar-refractivity contribution in [2.24, 2.45) is 0 Å². The fourth-order valence-electron chi connectivity index (χ4n) is 4.40. The first-order valence-electron chi connectivity index (χ1n) is 14.1. The normalized spacial score (nSPS) is 11.3. The molecule has 2 aromatic heterocycles. The number of benzene rings is 2. The Hall–Kier alpha value is -4.78. The molecule has 0 bridgehead atoms. The van der Waals surface area contributed by atoms with E-state index in [1.165, 1.54) is 19.5 Å². The molecule has 2 amide bonds. The van der Waals surface area contributed by atoms with E-state index in [9.17, 15) is 18.4 Å². The van der Waals surface area contributed by atoms with Crippen LogP contribution < -0.4 is 20.7 Å². The first-order valence-corrected chi connectivity index (χ1v) is 14.1. The number of anilines is 2. The topological polar surface area (TPSA) is 128 Å². The molecule has 0 unspecified atom stereocenters. The van der Waals surface area contributed by atoms with Crippen LogP contribution >= 0.6 is 0 Å². The molecule has 11 nitrogen and oxygen atoms in total. The fourth-order valence-corrected chi connectivity index (χ4v) is 4.40. The molecule has 0 spiro atoms. The number of amides is 2. The van der Waals surface area contributed by atoms with Gasteiger partial charge in [-0.25, -0.2) is 23.5 Å². The number of alkyl carbamates (subject to hydrolysis) is 1. The van der Waals surface area contributed by atoms with Gasteiger partial charge in [-0.05, 0) is 51.0 Å². The lowest BCUT2D eigenvalue weighted by atomic mass is 10.0. The number of aromatic nitrogens is 3. The van der Waals surface area contributed by atoms with Crippen molar-refractivity contribution in [3.8, 4) is 17.0 Å². The predicted octanol–water partition coefficient (Wildman–Crippen LogP) is 5.26. The fraction of sp³-hybridized carbons (Fsp3) is 0.355. The van der Waals surface area contributed by atoms with Crippen LogP contribution in [0.1, 0.15) is 43.6 Å². The molecule has 4 aromatic rings. The summed E-state index contributed by atoms with van der Waals surface area (Å²) in [6.07, 6.45) is 4.52. The van der Waals surface area contributed by atoms with Crippen molar-refractivity contribution in [1.82, 2.24) is 25.0 Å². The highest BCUT2D eigenvalue weighted by molar-refractivity contribution is 5.96. The van der Waals surface area contributed by atoms with Crippen LogP contribution in [0.3, 0.4) is 0 Å². The number of rotatable bonds is 12. The molecule has 4 rings (SSSR count). The number of carbonyl (C=O) groups is 2. The summed E-state index contributed by atoms with van der Waals surface area (Å²) < 4.78 is 46.7. The van der Waals surface area contributed by atoms with E-state index in [0.717, 1.165) is 17.7 Å². The third-order valence-corrected chi connectivity index (χ3v) is 6.38. The summed E-state index contributed by atoms with van der Waals surface area (Å²) in [4.78, 5) is 33.2. The Morgan fingerprint density at radius 2 is 1.70 bits per heavy atom. The average Bonchev–Trinajstić information content (AvgIpc) is 3.39. The van der Waals surface area contributed by atoms with Gasteiger partial charge in [0.1, 0.15) is 23.0 Å². The molecule has 234 valence electrons. The van der Waals surface area contributed by atoms with Crippen LogP contribution in [0.15, 0.2) is 48.9 Å². The highest BCUT2D eigenvalue weighted by atomic mass is 19.1. The van der Waals surface area contributed by atoms with Gasteiger partial charge in [-0.15, -0.1) is 0 Å². The van der Waals surface area contributed by atoms with Crippen molar-refractivity contribution < 1.29 is 32.6 Å². The lowest BCUT2D eigenvalue weighted by molar-refractivity contribution is 0.0500. The number of nitrogens with zero attached hydrogens (tertiary/aromatic N) is 3. The summed E-state index contributed by atoms with van der Waals surface area (Å²) >= 11 is 0. The van der Waals surface area contributed by atoms with Gasteiger partial charge in [-0.3, -0.25) is 9.20 Å². The van der Waals surface area contributed by atoms with E-state index in [0.29, 0.717) is 29.1 Å². The Bertz CT molecular complexity index is 1610. The predicted molar refractivity (Wildman–Crippen MR) is 161 cm³/mol. The van der Waals surface area contributed by atoms with E-state index in [2.05, 4.69) is 25.9 Å². The number of aryl methyl sites for hydroxylation is 1. The van der Waals surface area contributed by atoms with Gasteiger partial charge in [-0.2, -0.15) is 0 Å². The van der Waals surface area contributed by atoms with Gasteiger partial charge in [0.2, 0.25) is 0 Å². The number of carbonyl (C=O) groups excluding carboxylic acids is 2. The molecule has 0 saturated heterocycles. The summed E-state index contributed by atoms with van der Waals surface area (Å²) in [6, 6.07) is 7.52. The second-order valence-electron chi connectivity index (χ2n) is 10.7. The minimum absolute atomic E-state index is 0.0727. The maximum atomic E-state index is 14.8. The maximum Gasteiger partial charge on any atom is 0.407 e. The number of nitrogens with one attached hydrogen (secondary N) is 3. The molecule has 2 aromatic carbocycles. The number of ether oxygens (including phenoxy) is 3. The maximum absolute atomic E-state index is 14.8. The second kappa shape index (κ2) is 14.1. The molecule has 0 saturated carbocycles. The molecule has 0 aliphatic rings. The molecule has 0 atom stereocenters. The molecule has 0 fully saturated rings. The summed E-state index contributed by atoms with van der Waals surface area (Å²) in [6.45, 7) is 8.42. The van der Waals surface area contributed by atoms with Crippen molar-refractivity contribution in [2.45, 2.75) is 39.7 Å². The zero-order valence-electron chi connectivity index (χ0n) is 25.3. The van der Waals surface area contributed by atoms with Crippen LogP contribution in [0.2, 0.25) is 0 Å². The molecular weight excluding hydrogens is 574 g/mol. The Morgan fingerprint density at radius 3 is 2.36 bits per heavy atom. The number of halogens is 2. The Labute approximate surface area is 253 Å². The smallest absolute Gasteiger partial charge is 0.407 e. The largest absolute Gasteiger partial charge is 0.497 e. The SMILES string of the molecule is CCc1cc(Nc2nccn3c(-c4c(F)cc(OC)cc4F)cnc23)ccc1C(=O)NCCOCCNC(=O)OC(C)(C)C. The van der Waals surface area contributed by atoms with Gasteiger partial charge in [-0.1, -0.05) is 6.92 Å². The van der Waals surface area contributed by atoms with Gasteiger partial charge < -0.3 is 30.2 Å². The number of fused-ring (bicyclic) bond motifs is 1. The number of imidazole rings is 1. The summed E-state index contributed by atoms with van der Waals surface area (Å²) in [5, 5.41) is 8.65. The van der Waals surface area contributed by atoms with E-state index >= 15 is 0 Å². The second-order valence-corrected chi connectivity index (χ2v) is 10.7. The van der Waals surface area contributed by atoms with Crippen LogP contribution in [0.5, 0.6) is 5.75 Å². The van der Waals surface area contributed by atoms with Gasteiger partial charge >= 0.3 is 6.09 Å². The molecule has 3 N–H and O–H groups in total. The van der Waals surface area contributed by atoms with Crippen LogP contribution in [-0.2, 0) is 15.9 Å². The zero-order valence-corrected chi connectivity index (χ0v) is 25.3. The first-order chi connectivity index (χ1) is 21.0. The Morgan fingerprint density at radius 1 is 1.00 bits per heavy atom. The van der Waals surface area contributed by atoms with E-state index in [4.69, 9.17) is 14.2 Å². The summed E-state index contributed by atoms with van der Waals surface area (Å²) in [7, 11) is 1.34. The quantitative estimate of drug-likeness (QED) is 0.185. The van der Waals surface area contributed by atoms with E-state index in [1.54, 1.807) is 43.5 Å². The highest BCUT2D eigenvalue weighted by Crippen LogP contribution is 2.32. The van der Waals surface area contributed by atoms with Crippen LogP contribution in [0, 0.1) is 11.6 Å². The van der Waals surface area contributed by atoms with Crippen LogP contribution in [-0.4, -0.2) is 65.4 Å². The molecule has 13 heteroatoms. The van der Waals surface area contributed by atoms with E-state index < -0.39 is 23.3 Å². The third kappa shape index (κ3) is 7.98. The van der Waals surface area contributed by atoms with Gasteiger partial charge in [0.15, 0.2) is 11.5 Å². The minimum Gasteiger partial charge on any atom is -0.497 e. The summed E-state index contributed by atoms with van der Waals surface area (Å²) in [5.74, 6) is -1.36. The lowest BCUT2D eigenvalue weighted by Gasteiger charge is -2.19. The third-order valence-electron chi connectivity index (χ3n) is 6.38. The molecule has 2 heterocycles. The molecular formula is C31H36F2N6O5. The molecule has 0 aliphatic carbocycles. The number of hydrogen-bond acceptors (Lipinski definition) is 8. The minimum atomic E-state index is -0.779. The van der Waals surface area contributed by atoms with Crippen LogP contribution in [0.25, 0.3) is 16.9 Å². The number of hydrogen-bond donors (Lipinski definition) is 3. The van der Waals surface area contributed by atoms with Crippen LogP contribution in [0.4, 0.5) is 25.1 Å². The monoisotopic (exact) mass is 610 g/mol. The number of methoxy groups -OCH3 is 1. The van der Waals surface area contributed by atoms with Gasteiger partial charge in [0.05, 0.1) is 37.8 Å².